The Kier molecular flexibility index (Phi) is 13.5. The van der Waals surface area contributed by atoms with Crippen molar-refractivity contribution in [2.45, 2.75) is 13.8 Å². The number of hydrogen-bond acceptors (Lipinski definition) is 12. The molecule has 0 spiro atoms. The lowest BCUT2D eigenvalue weighted by molar-refractivity contribution is 0.197. The number of hydrogen-bond donors (Lipinski definition) is 3. The largest absolute Gasteiger partial charge is 0.475 e. The van der Waals surface area contributed by atoms with Gasteiger partial charge in [-0.1, -0.05) is 83.4 Å². The third-order valence-electron chi connectivity index (χ3n) is 7.01. The lowest BCUT2D eigenvalue weighted by Gasteiger charge is -2.14. The number of benzene rings is 2. The molecular formula is C36H33ClN6O6S4. The smallest absolute Gasteiger partial charge is 0.256 e. The van der Waals surface area contributed by atoms with Gasteiger partial charge in [-0.15, -0.1) is 22.7 Å². The molecule has 0 aliphatic rings. The van der Waals surface area contributed by atoms with Crippen molar-refractivity contribution in [3.63, 3.8) is 0 Å². The molecule has 53 heavy (non-hydrogen) atoms. The number of anilines is 2. The van der Waals surface area contributed by atoms with Crippen LogP contribution in [0.15, 0.2) is 107 Å². The topological polar surface area (TPSA) is 173 Å². The van der Waals surface area contributed by atoms with Crippen molar-refractivity contribution in [1.29, 1.82) is 0 Å². The number of nitrogens with zero attached hydrogens (tertiary/aromatic N) is 4. The number of halogens is 1. The van der Waals surface area contributed by atoms with Crippen LogP contribution in [0.5, 0.6) is 5.88 Å². The van der Waals surface area contributed by atoms with Gasteiger partial charge in [0.05, 0.1) is 28.5 Å². The molecule has 17 heteroatoms. The van der Waals surface area contributed by atoms with E-state index in [9.17, 15) is 16.8 Å². The maximum absolute atomic E-state index is 12.5. The van der Waals surface area contributed by atoms with Crippen LogP contribution in [0.1, 0.15) is 20.9 Å². The van der Waals surface area contributed by atoms with Gasteiger partial charge >= 0.3 is 0 Å². The van der Waals surface area contributed by atoms with Gasteiger partial charge < -0.3 is 9.84 Å². The summed E-state index contributed by atoms with van der Waals surface area (Å²) in [5.74, 6) is 0.426. The van der Waals surface area contributed by atoms with Crippen LogP contribution in [0.3, 0.4) is 0 Å². The summed E-state index contributed by atoms with van der Waals surface area (Å²) in [6, 6.07) is 22.3. The summed E-state index contributed by atoms with van der Waals surface area (Å²) in [6.07, 6.45) is 5.48. The quantitative estimate of drug-likeness (QED) is 0.0975. The van der Waals surface area contributed by atoms with E-state index in [0.29, 0.717) is 16.7 Å². The monoisotopic (exact) mass is 808 g/mol. The van der Waals surface area contributed by atoms with Crippen molar-refractivity contribution in [2.75, 3.05) is 22.7 Å². The van der Waals surface area contributed by atoms with E-state index in [1.165, 1.54) is 47.5 Å². The van der Waals surface area contributed by atoms with Crippen LogP contribution in [0.2, 0.25) is 5.15 Å². The van der Waals surface area contributed by atoms with Gasteiger partial charge in [-0.05, 0) is 60.0 Å². The molecule has 6 aromatic rings. The molecule has 2 aromatic carbocycles. The van der Waals surface area contributed by atoms with Gasteiger partial charge in [0.25, 0.3) is 20.0 Å². The Morgan fingerprint density at radius 3 is 1.64 bits per heavy atom. The van der Waals surface area contributed by atoms with Crippen LogP contribution in [0.25, 0.3) is 34.4 Å². The van der Waals surface area contributed by atoms with E-state index in [2.05, 4.69) is 29.4 Å². The van der Waals surface area contributed by atoms with Crippen molar-refractivity contribution < 1.29 is 26.7 Å². The summed E-state index contributed by atoms with van der Waals surface area (Å²) in [5, 5.41) is 15.2. The number of aliphatic hydroxyl groups excluding tert-OH is 1. The van der Waals surface area contributed by atoms with Crippen LogP contribution in [0, 0.1) is 13.8 Å². The van der Waals surface area contributed by atoms with E-state index < -0.39 is 20.0 Å². The van der Waals surface area contributed by atoms with Crippen LogP contribution in [-0.2, 0) is 20.0 Å². The molecule has 0 atom stereocenters. The highest BCUT2D eigenvalue weighted by molar-refractivity contribution is 7.96. The predicted molar refractivity (Wildman–Crippen MR) is 214 cm³/mol. The second-order valence-electron chi connectivity index (χ2n) is 11.0. The summed E-state index contributed by atoms with van der Waals surface area (Å²) in [6.45, 7) is 3.75. The van der Waals surface area contributed by atoms with Crippen LogP contribution in [-0.4, -0.2) is 55.1 Å². The number of aryl methyl sites for hydroxylation is 2. The molecule has 274 valence electrons. The number of sulfonamides is 2. The van der Waals surface area contributed by atoms with E-state index in [4.69, 9.17) is 21.4 Å². The number of aliphatic hydroxyl groups is 1. The Hall–Kier alpha value is -4.97. The fourth-order valence-electron chi connectivity index (χ4n) is 4.52. The highest BCUT2D eigenvalue weighted by atomic mass is 35.5. The Morgan fingerprint density at radius 1 is 0.698 bits per heavy atom. The lowest BCUT2D eigenvalue weighted by Crippen LogP contribution is -2.13. The van der Waals surface area contributed by atoms with Gasteiger partial charge in [0, 0.05) is 9.75 Å². The zero-order valence-corrected chi connectivity index (χ0v) is 32.3. The number of ether oxygens (including phenoxy) is 1. The molecule has 0 unspecified atom stereocenters. The van der Waals surface area contributed by atoms with Crippen LogP contribution in [0.4, 0.5) is 11.6 Å². The van der Waals surface area contributed by atoms with Gasteiger partial charge in [0.15, 0.2) is 11.6 Å². The molecule has 4 heterocycles. The van der Waals surface area contributed by atoms with Gasteiger partial charge in [0.2, 0.25) is 5.88 Å². The van der Waals surface area contributed by atoms with E-state index in [1.54, 1.807) is 0 Å². The zero-order valence-electron chi connectivity index (χ0n) is 28.2. The van der Waals surface area contributed by atoms with Gasteiger partial charge in [0.1, 0.15) is 24.4 Å². The third kappa shape index (κ3) is 11.5. The predicted octanol–water partition coefficient (Wildman–Crippen LogP) is 7.88. The molecule has 0 aliphatic carbocycles. The molecule has 0 radical (unpaired) electrons. The van der Waals surface area contributed by atoms with Crippen molar-refractivity contribution >= 4 is 78.1 Å². The molecule has 0 saturated heterocycles. The maximum atomic E-state index is 12.5. The second kappa shape index (κ2) is 18.2. The van der Waals surface area contributed by atoms with E-state index in [-0.39, 0.29) is 35.9 Å². The molecule has 0 amide bonds. The molecule has 0 bridgehead atoms. The van der Waals surface area contributed by atoms with E-state index >= 15 is 0 Å². The molecule has 0 fully saturated rings. The summed E-state index contributed by atoms with van der Waals surface area (Å²) in [5.41, 5.74) is 4.41. The Labute approximate surface area is 320 Å². The number of rotatable bonds is 13. The fraction of sp³-hybridized carbons (Fsp3) is 0.111. The molecular weight excluding hydrogens is 776 g/mol. The minimum atomic E-state index is -3.81. The Balaban J connectivity index is 0.000000206. The minimum absolute atomic E-state index is 0.0281. The molecule has 6 rings (SSSR count). The van der Waals surface area contributed by atoms with Crippen molar-refractivity contribution in [2.24, 2.45) is 0 Å². The van der Waals surface area contributed by atoms with Crippen molar-refractivity contribution in [1.82, 2.24) is 19.9 Å². The molecule has 4 aromatic heterocycles. The normalized spacial score (nSPS) is 11.7. The van der Waals surface area contributed by atoms with Crippen LogP contribution < -0.4 is 14.2 Å². The fourth-order valence-corrected chi connectivity index (χ4v) is 7.81. The molecule has 3 N–H and O–H groups in total. The first-order chi connectivity index (χ1) is 25.4. The lowest BCUT2D eigenvalue weighted by atomic mass is 10.1. The first-order valence-corrected chi connectivity index (χ1v) is 20.9. The third-order valence-corrected chi connectivity index (χ3v) is 10.9. The first-order valence-electron chi connectivity index (χ1n) is 15.6. The zero-order chi connectivity index (χ0) is 37.8. The molecule has 12 nitrogen and oxygen atoms in total. The average molecular weight is 809 g/mol. The summed E-state index contributed by atoms with van der Waals surface area (Å²) in [4.78, 5) is 17.9. The second-order valence-corrected chi connectivity index (χ2v) is 16.5. The van der Waals surface area contributed by atoms with E-state index in [1.807, 2.05) is 97.4 Å². The Morgan fingerprint density at radius 2 is 1.17 bits per heavy atom. The summed E-state index contributed by atoms with van der Waals surface area (Å²) in [7, 11) is -7.54. The summed E-state index contributed by atoms with van der Waals surface area (Å²) >= 11 is 9.07. The minimum Gasteiger partial charge on any atom is -0.475 e. The summed E-state index contributed by atoms with van der Waals surface area (Å²) < 4.78 is 60.2. The van der Waals surface area contributed by atoms with E-state index in [0.717, 1.165) is 37.3 Å². The molecule has 0 aliphatic heterocycles. The number of nitrogens with one attached hydrogen (secondary N) is 2. The number of thiophene rings is 2. The highest BCUT2D eigenvalue weighted by Crippen LogP contribution is 2.35. The first kappa shape index (κ1) is 39.2. The Bertz CT molecular complexity index is 2390. The standard InChI is InChI=1S/C19H19N3O4S2.C17H14ClN3O2S2/c1-14-4-6-15(7-5-14)17-18(20-13-21-19(17)26-10-9-23)22-28(24,25)12-8-16-3-2-11-27-16;1-12-4-6-13(7-5-12)15-16(18)19-11-20-17(15)21-25(22,23)10-8-14-3-2-9-24-14/h2-8,11-13,23H,9-10H2,1H3,(H,20,21,22);2-11H,1H3,(H,19,20,21)/b12-8+;10-8+. The van der Waals surface area contributed by atoms with Crippen molar-refractivity contribution in [3.8, 4) is 28.1 Å². The number of aromatic nitrogens is 4. The van der Waals surface area contributed by atoms with Gasteiger partial charge in [-0.25, -0.2) is 36.8 Å². The van der Waals surface area contributed by atoms with Gasteiger partial charge in [-0.3, -0.25) is 9.44 Å². The highest BCUT2D eigenvalue weighted by Gasteiger charge is 2.19. The van der Waals surface area contributed by atoms with Crippen molar-refractivity contribution in [3.05, 3.63) is 133 Å². The molecule has 0 saturated carbocycles. The average Bonchev–Trinajstić information content (AvgIpc) is 3.86. The van der Waals surface area contributed by atoms with Gasteiger partial charge in [-0.2, -0.15) is 0 Å². The van der Waals surface area contributed by atoms with Crippen LogP contribution >= 0.6 is 34.3 Å². The maximum Gasteiger partial charge on any atom is 0.256 e. The SMILES string of the molecule is Cc1ccc(-c2c(Cl)ncnc2NS(=O)(=O)/C=C/c2cccs2)cc1.Cc1ccc(-c2c(NS(=O)(=O)/C=C/c3cccs3)ncnc2OCCO)cc1.